The number of nitrogens with one attached hydrogen (secondary N) is 1. The highest BCUT2D eigenvalue weighted by Crippen LogP contribution is 2.22. The summed E-state index contributed by atoms with van der Waals surface area (Å²) < 4.78 is 1.04. The van der Waals surface area contributed by atoms with E-state index in [0.717, 1.165) is 21.3 Å². The van der Waals surface area contributed by atoms with E-state index in [4.69, 9.17) is 0 Å². The molecule has 1 heterocycles. The molecule has 0 spiro atoms. The Kier molecular flexibility index (Phi) is 3.46. The molecule has 0 saturated heterocycles. The Balaban J connectivity index is 1.83. The third kappa shape index (κ3) is 2.64. The van der Waals surface area contributed by atoms with Gasteiger partial charge in [-0.15, -0.1) is 0 Å². The molecular weight excluding hydrogens is 290 g/mol. The van der Waals surface area contributed by atoms with Crippen molar-refractivity contribution in [1.29, 1.82) is 0 Å². The van der Waals surface area contributed by atoms with Gasteiger partial charge in [0.1, 0.15) is 5.82 Å². The maximum absolute atomic E-state index is 4.63. The van der Waals surface area contributed by atoms with E-state index in [2.05, 4.69) is 31.2 Å². The van der Waals surface area contributed by atoms with Crippen molar-refractivity contribution in [2.45, 2.75) is 38.1 Å². The molecule has 1 aromatic heterocycles. The average Bonchev–Trinajstić information content (AvgIpc) is 2.39. The third-order valence-electron chi connectivity index (χ3n) is 3.46. The van der Waals surface area contributed by atoms with Crippen molar-refractivity contribution in [3.05, 3.63) is 28.9 Å². The molecule has 0 radical (unpaired) electrons. The van der Waals surface area contributed by atoms with Crippen LogP contribution in [0.5, 0.6) is 0 Å². The van der Waals surface area contributed by atoms with Gasteiger partial charge in [-0.2, -0.15) is 0 Å². The Morgan fingerprint density at radius 1 is 1.11 bits per heavy atom. The zero-order valence-corrected chi connectivity index (χ0v) is 11.8. The van der Waals surface area contributed by atoms with Crippen LogP contribution in [0.25, 0.3) is 11.0 Å². The van der Waals surface area contributed by atoms with E-state index in [0.29, 0.717) is 6.04 Å². The molecule has 1 aromatic carbocycles. The van der Waals surface area contributed by atoms with Crippen molar-refractivity contribution in [3.63, 3.8) is 0 Å². The summed E-state index contributed by atoms with van der Waals surface area (Å²) in [5, 5.41) is 3.50. The Morgan fingerprint density at radius 3 is 2.78 bits per heavy atom. The van der Waals surface area contributed by atoms with Crippen LogP contribution < -0.4 is 5.32 Å². The number of benzene rings is 1. The summed E-state index contributed by atoms with van der Waals surface area (Å²) in [7, 11) is 0. The number of nitrogens with zero attached hydrogens (tertiary/aromatic N) is 2. The highest BCUT2D eigenvalue weighted by atomic mass is 79.9. The number of fused-ring (bicyclic) bond motifs is 1. The van der Waals surface area contributed by atoms with Crippen LogP contribution in [0.15, 0.2) is 28.9 Å². The van der Waals surface area contributed by atoms with Crippen molar-refractivity contribution in [2.75, 3.05) is 5.32 Å². The van der Waals surface area contributed by atoms with E-state index in [1.165, 1.54) is 32.1 Å². The Hall–Kier alpha value is -1.16. The second kappa shape index (κ2) is 5.22. The number of hydrogen-bond acceptors (Lipinski definition) is 3. The van der Waals surface area contributed by atoms with Crippen LogP contribution >= 0.6 is 15.9 Å². The number of hydrogen-bond donors (Lipinski definition) is 1. The molecule has 0 bridgehead atoms. The molecule has 18 heavy (non-hydrogen) atoms. The van der Waals surface area contributed by atoms with Gasteiger partial charge in [0.15, 0.2) is 0 Å². The number of rotatable bonds is 2. The zero-order chi connectivity index (χ0) is 12.4. The van der Waals surface area contributed by atoms with Gasteiger partial charge in [0.05, 0.1) is 17.2 Å². The van der Waals surface area contributed by atoms with E-state index in [-0.39, 0.29) is 0 Å². The zero-order valence-electron chi connectivity index (χ0n) is 10.2. The molecule has 3 rings (SSSR count). The van der Waals surface area contributed by atoms with Crippen molar-refractivity contribution < 1.29 is 0 Å². The van der Waals surface area contributed by atoms with Gasteiger partial charge in [0.25, 0.3) is 0 Å². The van der Waals surface area contributed by atoms with Crippen molar-refractivity contribution in [1.82, 2.24) is 9.97 Å². The Morgan fingerprint density at radius 2 is 1.94 bits per heavy atom. The molecule has 94 valence electrons. The Bertz CT molecular complexity index is 550. The first-order valence-electron chi connectivity index (χ1n) is 6.50. The van der Waals surface area contributed by atoms with Crippen LogP contribution in [0.2, 0.25) is 0 Å². The van der Waals surface area contributed by atoms with Gasteiger partial charge in [-0.1, -0.05) is 35.2 Å². The third-order valence-corrected chi connectivity index (χ3v) is 3.95. The fraction of sp³-hybridized carbons (Fsp3) is 0.429. The van der Waals surface area contributed by atoms with Gasteiger partial charge in [-0.25, -0.2) is 4.98 Å². The van der Waals surface area contributed by atoms with E-state index in [1.54, 1.807) is 0 Å². The van der Waals surface area contributed by atoms with Crippen LogP contribution in [0, 0.1) is 0 Å². The van der Waals surface area contributed by atoms with Gasteiger partial charge >= 0.3 is 0 Å². The summed E-state index contributed by atoms with van der Waals surface area (Å²) in [5.74, 6) is 0.896. The lowest BCUT2D eigenvalue weighted by Crippen LogP contribution is -2.22. The first kappa shape index (κ1) is 11.9. The molecule has 0 atom stereocenters. The predicted octanol–water partition coefficient (Wildman–Crippen LogP) is 4.14. The SMILES string of the molecule is Brc1ccc2ncc(NC3CCCCC3)nc2c1. The quantitative estimate of drug-likeness (QED) is 0.906. The highest BCUT2D eigenvalue weighted by Gasteiger charge is 2.13. The monoisotopic (exact) mass is 305 g/mol. The van der Waals surface area contributed by atoms with E-state index in [1.807, 2.05) is 24.4 Å². The van der Waals surface area contributed by atoms with Crippen LogP contribution in [0.1, 0.15) is 32.1 Å². The molecule has 1 N–H and O–H groups in total. The Labute approximate surface area is 115 Å². The molecular formula is C14H16BrN3. The lowest BCUT2D eigenvalue weighted by Gasteiger charge is -2.23. The maximum Gasteiger partial charge on any atom is 0.145 e. The summed E-state index contributed by atoms with van der Waals surface area (Å²) in [6.07, 6.45) is 8.35. The summed E-state index contributed by atoms with van der Waals surface area (Å²) >= 11 is 3.47. The molecule has 2 aromatic rings. The fourth-order valence-corrected chi connectivity index (χ4v) is 2.86. The minimum absolute atomic E-state index is 0.567. The van der Waals surface area contributed by atoms with Crippen molar-refractivity contribution in [2.24, 2.45) is 0 Å². The first-order chi connectivity index (χ1) is 8.81. The second-order valence-electron chi connectivity index (χ2n) is 4.87. The predicted molar refractivity (Wildman–Crippen MR) is 77.7 cm³/mol. The lowest BCUT2D eigenvalue weighted by atomic mass is 9.95. The van der Waals surface area contributed by atoms with Crippen LogP contribution in [-0.2, 0) is 0 Å². The van der Waals surface area contributed by atoms with Gasteiger partial charge < -0.3 is 5.32 Å². The van der Waals surface area contributed by atoms with Crippen molar-refractivity contribution >= 4 is 32.8 Å². The van der Waals surface area contributed by atoms with Crippen LogP contribution in [0.4, 0.5) is 5.82 Å². The van der Waals surface area contributed by atoms with Gasteiger partial charge in [-0.05, 0) is 31.0 Å². The number of anilines is 1. The molecule has 0 unspecified atom stereocenters. The number of aromatic nitrogens is 2. The van der Waals surface area contributed by atoms with Gasteiger partial charge in [0.2, 0.25) is 0 Å². The number of halogens is 1. The van der Waals surface area contributed by atoms with E-state index < -0.39 is 0 Å². The summed E-state index contributed by atoms with van der Waals surface area (Å²) in [5.41, 5.74) is 1.87. The molecule has 1 saturated carbocycles. The second-order valence-corrected chi connectivity index (χ2v) is 5.78. The fourth-order valence-electron chi connectivity index (χ4n) is 2.51. The average molecular weight is 306 g/mol. The molecule has 4 heteroatoms. The first-order valence-corrected chi connectivity index (χ1v) is 7.29. The molecule has 3 nitrogen and oxygen atoms in total. The lowest BCUT2D eigenvalue weighted by molar-refractivity contribution is 0.462. The van der Waals surface area contributed by atoms with Crippen LogP contribution in [-0.4, -0.2) is 16.0 Å². The van der Waals surface area contributed by atoms with Crippen molar-refractivity contribution in [3.8, 4) is 0 Å². The van der Waals surface area contributed by atoms with E-state index >= 15 is 0 Å². The highest BCUT2D eigenvalue weighted by molar-refractivity contribution is 9.10. The topological polar surface area (TPSA) is 37.8 Å². The van der Waals surface area contributed by atoms with Crippen LogP contribution in [0.3, 0.4) is 0 Å². The molecule has 1 aliphatic rings. The van der Waals surface area contributed by atoms with E-state index in [9.17, 15) is 0 Å². The van der Waals surface area contributed by atoms with Gasteiger partial charge in [0, 0.05) is 10.5 Å². The maximum atomic E-state index is 4.63. The summed E-state index contributed by atoms with van der Waals surface area (Å²) in [6.45, 7) is 0. The summed E-state index contributed by atoms with van der Waals surface area (Å²) in [6, 6.07) is 6.55. The van der Waals surface area contributed by atoms with Gasteiger partial charge in [-0.3, -0.25) is 4.98 Å². The molecule has 1 aliphatic carbocycles. The normalized spacial score (nSPS) is 16.9. The smallest absolute Gasteiger partial charge is 0.145 e. The molecule has 0 amide bonds. The minimum atomic E-state index is 0.567. The molecule has 0 aliphatic heterocycles. The minimum Gasteiger partial charge on any atom is -0.366 e. The largest absolute Gasteiger partial charge is 0.366 e. The summed E-state index contributed by atoms with van der Waals surface area (Å²) in [4.78, 5) is 9.07. The molecule has 1 fully saturated rings. The standard InChI is InChI=1S/C14H16BrN3/c15-10-6-7-12-13(8-10)18-14(9-16-12)17-11-4-2-1-3-5-11/h6-9,11H,1-5H2,(H,17,18).